The minimum absolute atomic E-state index is 0.149. The van der Waals surface area contributed by atoms with E-state index in [1.165, 1.54) is 74.1 Å². The molecule has 2 aliphatic heterocycles. The number of aromatic amines is 1. The van der Waals surface area contributed by atoms with Gasteiger partial charge in [-0.05, 0) is 56.5 Å². The third kappa shape index (κ3) is 3.48. The highest BCUT2D eigenvalue weighted by Crippen LogP contribution is 2.39. The summed E-state index contributed by atoms with van der Waals surface area (Å²) in [6.45, 7) is 4.87. The molecule has 0 spiro atoms. The fraction of sp³-hybridized carbons (Fsp3) is 0.565. The number of fused-ring (bicyclic) bond motifs is 1. The number of carbonyl (C=O) groups is 1. The molecule has 5 rings (SSSR count). The molecular weight excluding hydrogens is 348 g/mol. The van der Waals surface area contributed by atoms with E-state index in [0.717, 1.165) is 25.1 Å². The van der Waals surface area contributed by atoms with Crippen molar-refractivity contribution in [1.29, 1.82) is 0 Å². The highest BCUT2D eigenvalue weighted by Gasteiger charge is 2.31. The van der Waals surface area contributed by atoms with Gasteiger partial charge in [0.05, 0.1) is 5.69 Å². The third-order valence-electron chi connectivity index (χ3n) is 6.80. The van der Waals surface area contributed by atoms with E-state index in [2.05, 4.69) is 27.2 Å². The molecule has 0 atom stereocenters. The summed E-state index contributed by atoms with van der Waals surface area (Å²) in [5.41, 5.74) is 5.85. The molecule has 1 amide bonds. The van der Waals surface area contributed by atoms with Crippen molar-refractivity contribution in [2.75, 3.05) is 19.6 Å². The van der Waals surface area contributed by atoms with Crippen LogP contribution in [0.1, 0.15) is 77.3 Å². The van der Waals surface area contributed by atoms with Crippen LogP contribution in [0, 0.1) is 0 Å². The molecule has 3 heterocycles. The molecule has 1 aliphatic carbocycles. The SMILES string of the molecule is O=C(c1ccc(CN2CCCCC2)cc1)N1CCc2[nH]nc(C3CCC3)c2C1. The molecule has 0 unspecified atom stereocenters. The molecule has 2 fully saturated rings. The first-order valence-electron chi connectivity index (χ1n) is 10.9. The Morgan fingerprint density at radius 3 is 2.54 bits per heavy atom. The molecule has 1 saturated heterocycles. The summed E-state index contributed by atoms with van der Waals surface area (Å²) in [4.78, 5) is 17.6. The number of aromatic nitrogens is 2. The fourth-order valence-corrected chi connectivity index (χ4v) is 4.82. The molecular formula is C23H30N4O. The maximum atomic E-state index is 13.1. The molecule has 1 aromatic carbocycles. The van der Waals surface area contributed by atoms with Crippen molar-refractivity contribution in [3.05, 3.63) is 52.3 Å². The Bertz CT molecular complexity index is 831. The number of nitrogens with zero attached hydrogens (tertiary/aromatic N) is 3. The van der Waals surface area contributed by atoms with Gasteiger partial charge in [-0.2, -0.15) is 5.10 Å². The van der Waals surface area contributed by atoms with Crippen LogP contribution >= 0.6 is 0 Å². The van der Waals surface area contributed by atoms with Crippen LogP contribution in [0.3, 0.4) is 0 Å². The van der Waals surface area contributed by atoms with Gasteiger partial charge in [0.15, 0.2) is 0 Å². The number of nitrogens with one attached hydrogen (secondary N) is 1. The van der Waals surface area contributed by atoms with Gasteiger partial charge in [0.1, 0.15) is 0 Å². The first-order chi connectivity index (χ1) is 13.8. The minimum atomic E-state index is 0.149. The van der Waals surface area contributed by atoms with Gasteiger partial charge in [-0.1, -0.05) is 25.0 Å². The predicted molar refractivity (Wildman–Crippen MR) is 109 cm³/mol. The molecule has 148 valence electrons. The topological polar surface area (TPSA) is 52.2 Å². The van der Waals surface area contributed by atoms with Crippen LogP contribution in [0.15, 0.2) is 24.3 Å². The van der Waals surface area contributed by atoms with Gasteiger partial charge in [-0.3, -0.25) is 14.8 Å². The molecule has 0 radical (unpaired) electrons. The largest absolute Gasteiger partial charge is 0.334 e. The molecule has 1 saturated carbocycles. The van der Waals surface area contributed by atoms with Crippen molar-refractivity contribution in [3.63, 3.8) is 0 Å². The zero-order valence-corrected chi connectivity index (χ0v) is 16.6. The Labute approximate surface area is 167 Å². The van der Waals surface area contributed by atoms with E-state index in [0.29, 0.717) is 12.5 Å². The Balaban J connectivity index is 1.25. The van der Waals surface area contributed by atoms with E-state index < -0.39 is 0 Å². The van der Waals surface area contributed by atoms with E-state index >= 15 is 0 Å². The second-order valence-electron chi connectivity index (χ2n) is 8.70. The Morgan fingerprint density at radius 1 is 1.04 bits per heavy atom. The normalized spacial score (nSPS) is 20.6. The van der Waals surface area contributed by atoms with E-state index in [4.69, 9.17) is 0 Å². The van der Waals surface area contributed by atoms with Crippen molar-refractivity contribution in [1.82, 2.24) is 20.0 Å². The summed E-state index contributed by atoms with van der Waals surface area (Å²) in [6, 6.07) is 8.29. The van der Waals surface area contributed by atoms with Crippen molar-refractivity contribution in [3.8, 4) is 0 Å². The summed E-state index contributed by atoms with van der Waals surface area (Å²) in [5.74, 6) is 0.750. The smallest absolute Gasteiger partial charge is 0.254 e. The lowest BCUT2D eigenvalue weighted by atomic mass is 9.80. The predicted octanol–water partition coefficient (Wildman–Crippen LogP) is 3.86. The van der Waals surface area contributed by atoms with E-state index in [1.807, 2.05) is 17.0 Å². The zero-order valence-electron chi connectivity index (χ0n) is 16.6. The first-order valence-corrected chi connectivity index (χ1v) is 10.9. The van der Waals surface area contributed by atoms with Gasteiger partial charge in [-0.15, -0.1) is 0 Å². The number of rotatable bonds is 4. The summed E-state index contributed by atoms with van der Waals surface area (Å²) in [6.07, 6.45) is 8.65. The van der Waals surface area contributed by atoms with Crippen molar-refractivity contribution < 1.29 is 4.79 Å². The van der Waals surface area contributed by atoms with Gasteiger partial charge < -0.3 is 4.90 Å². The van der Waals surface area contributed by atoms with Gasteiger partial charge in [0.2, 0.25) is 0 Å². The number of hydrogen-bond donors (Lipinski definition) is 1. The Kier molecular flexibility index (Phi) is 4.93. The van der Waals surface area contributed by atoms with Crippen LogP contribution in [0.25, 0.3) is 0 Å². The van der Waals surface area contributed by atoms with Crippen LogP contribution in [-0.4, -0.2) is 45.5 Å². The lowest BCUT2D eigenvalue weighted by Crippen LogP contribution is -2.36. The summed E-state index contributed by atoms with van der Waals surface area (Å²) in [7, 11) is 0. The zero-order chi connectivity index (χ0) is 18.9. The van der Waals surface area contributed by atoms with E-state index in [1.54, 1.807) is 0 Å². The van der Waals surface area contributed by atoms with Crippen LogP contribution in [-0.2, 0) is 19.5 Å². The van der Waals surface area contributed by atoms with Crippen LogP contribution in [0.5, 0.6) is 0 Å². The molecule has 1 N–H and O–H groups in total. The quantitative estimate of drug-likeness (QED) is 0.879. The Hall–Kier alpha value is -2.14. The van der Waals surface area contributed by atoms with Crippen molar-refractivity contribution >= 4 is 5.91 Å². The van der Waals surface area contributed by atoms with E-state index in [9.17, 15) is 4.79 Å². The second kappa shape index (κ2) is 7.70. The van der Waals surface area contributed by atoms with Crippen LogP contribution in [0.2, 0.25) is 0 Å². The number of likely N-dealkylation sites (tertiary alicyclic amines) is 1. The number of H-pyrrole nitrogens is 1. The van der Waals surface area contributed by atoms with Crippen molar-refractivity contribution in [2.45, 2.75) is 64.0 Å². The monoisotopic (exact) mass is 378 g/mol. The van der Waals surface area contributed by atoms with Gasteiger partial charge in [0, 0.05) is 48.8 Å². The van der Waals surface area contributed by atoms with Crippen LogP contribution in [0.4, 0.5) is 0 Å². The number of piperidine rings is 1. The van der Waals surface area contributed by atoms with Crippen LogP contribution < -0.4 is 0 Å². The average Bonchev–Trinajstić information content (AvgIpc) is 3.10. The van der Waals surface area contributed by atoms with Gasteiger partial charge in [0.25, 0.3) is 5.91 Å². The van der Waals surface area contributed by atoms with Gasteiger partial charge in [-0.25, -0.2) is 0 Å². The third-order valence-corrected chi connectivity index (χ3v) is 6.80. The molecule has 5 heteroatoms. The molecule has 2 aromatic rings. The maximum absolute atomic E-state index is 13.1. The standard InChI is InChI=1S/C23H30N4O/c28-23(19-9-7-17(8-10-19)15-26-12-2-1-3-13-26)27-14-11-21-20(16-27)22(25-24-21)18-5-4-6-18/h7-10,18H,1-6,11-16H2,(H,24,25). The maximum Gasteiger partial charge on any atom is 0.254 e. The van der Waals surface area contributed by atoms with Crippen molar-refractivity contribution in [2.24, 2.45) is 0 Å². The number of amides is 1. The average molecular weight is 379 g/mol. The lowest BCUT2D eigenvalue weighted by molar-refractivity contribution is 0.0733. The molecule has 28 heavy (non-hydrogen) atoms. The highest BCUT2D eigenvalue weighted by atomic mass is 16.2. The first kappa shape index (κ1) is 17.9. The lowest BCUT2D eigenvalue weighted by Gasteiger charge is -2.30. The molecule has 0 bridgehead atoms. The highest BCUT2D eigenvalue weighted by molar-refractivity contribution is 5.94. The Morgan fingerprint density at radius 2 is 1.82 bits per heavy atom. The molecule has 5 nitrogen and oxygen atoms in total. The minimum Gasteiger partial charge on any atom is -0.334 e. The number of benzene rings is 1. The summed E-state index contributed by atoms with van der Waals surface area (Å²) < 4.78 is 0. The summed E-state index contributed by atoms with van der Waals surface area (Å²) >= 11 is 0. The number of hydrogen-bond acceptors (Lipinski definition) is 3. The van der Waals surface area contributed by atoms with Gasteiger partial charge >= 0.3 is 0 Å². The summed E-state index contributed by atoms with van der Waals surface area (Å²) in [5, 5.41) is 7.81. The molecule has 3 aliphatic rings. The second-order valence-corrected chi connectivity index (χ2v) is 8.70. The molecule has 1 aromatic heterocycles. The van der Waals surface area contributed by atoms with E-state index in [-0.39, 0.29) is 5.91 Å². The number of carbonyl (C=O) groups excluding carboxylic acids is 1. The fourth-order valence-electron chi connectivity index (χ4n) is 4.82.